The van der Waals surface area contributed by atoms with Crippen molar-refractivity contribution in [1.29, 1.82) is 0 Å². The molecule has 0 radical (unpaired) electrons. The van der Waals surface area contributed by atoms with E-state index >= 15 is 0 Å². The Morgan fingerprint density at radius 2 is 2.13 bits per heavy atom. The van der Waals surface area contributed by atoms with E-state index in [1.807, 2.05) is 6.92 Å². The molecule has 0 heterocycles. The van der Waals surface area contributed by atoms with Crippen LogP contribution in [0.5, 0.6) is 0 Å². The van der Waals surface area contributed by atoms with E-state index in [2.05, 4.69) is 6.92 Å². The third-order valence-corrected chi connectivity index (χ3v) is 3.26. The fraction of sp³-hybridized carbons (Fsp3) is 1.00. The summed E-state index contributed by atoms with van der Waals surface area (Å²) < 4.78 is 5.85. The fourth-order valence-corrected chi connectivity index (χ4v) is 2.32. The summed E-state index contributed by atoms with van der Waals surface area (Å²) in [6.45, 7) is 5.05. The van der Waals surface area contributed by atoms with Crippen molar-refractivity contribution in [2.75, 3.05) is 6.61 Å². The topological polar surface area (TPSA) is 29.5 Å². The number of unbranched alkanes of at least 4 members (excludes halogenated alkanes) is 1. The third kappa shape index (κ3) is 6.16. The van der Waals surface area contributed by atoms with Crippen LogP contribution in [0.4, 0.5) is 0 Å². The Morgan fingerprint density at radius 3 is 2.80 bits per heavy atom. The Balaban J connectivity index is 1.95. The molecule has 0 spiro atoms. The minimum atomic E-state index is -0.153. The smallest absolute Gasteiger partial charge is 0.0577 e. The van der Waals surface area contributed by atoms with Crippen molar-refractivity contribution >= 4 is 0 Å². The van der Waals surface area contributed by atoms with Gasteiger partial charge in [-0.2, -0.15) is 0 Å². The van der Waals surface area contributed by atoms with Crippen LogP contribution >= 0.6 is 0 Å². The molecule has 0 aliphatic heterocycles. The van der Waals surface area contributed by atoms with E-state index in [-0.39, 0.29) is 6.10 Å². The lowest BCUT2D eigenvalue weighted by atomic mass is 9.89. The molecule has 1 saturated carbocycles. The summed E-state index contributed by atoms with van der Waals surface area (Å²) in [7, 11) is 0. The van der Waals surface area contributed by atoms with Crippen LogP contribution in [0.1, 0.15) is 58.8 Å². The highest BCUT2D eigenvalue weighted by atomic mass is 16.5. The molecule has 2 heteroatoms. The summed E-state index contributed by atoms with van der Waals surface area (Å²) in [6, 6.07) is 0. The molecule has 0 saturated heterocycles. The van der Waals surface area contributed by atoms with Gasteiger partial charge in [0.1, 0.15) is 0 Å². The maximum atomic E-state index is 9.09. The summed E-state index contributed by atoms with van der Waals surface area (Å²) in [5.41, 5.74) is 0. The van der Waals surface area contributed by atoms with E-state index < -0.39 is 0 Å². The molecular formula is C13H26O2. The summed E-state index contributed by atoms with van der Waals surface area (Å²) in [6.07, 6.45) is 8.65. The van der Waals surface area contributed by atoms with Crippen molar-refractivity contribution in [1.82, 2.24) is 0 Å². The Labute approximate surface area is 94.0 Å². The van der Waals surface area contributed by atoms with Crippen LogP contribution in [0.15, 0.2) is 0 Å². The van der Waals surface area contributed by atoms with Crippen LogP contribution in [0.3, 0.4) is 0 Å². The van der Waals surface area contributed by atoms with Gasteiger partial charge in [0.25, 0.3) is 0 Å². The number of hydrogen-bond acceptors (Lipinski definition) is 2. The normalized spacial score (nSPS) is 29.0. The summed E-state index contributed by atoms with van der Waals surface area (Å²) in [5.74, 6) is 0.848. The standard InChI is InChI=1S/C13H26O2/c1-11-6-5-8-13(10-11)15-9-4-3-7-12(2)14/h11-14H,3-10H2,1-2H3. The minimum Gasteiger partial charge on any atom is -0.393 e. The number of aliphatic hydroxyl groups is 1. The van der Waals surface area contributed by atoms with Crippen LogP contribution < -0.4 is 0 Å². The first-order chi connectivity index (χ1) is 7.18. The van der Waals surface area contributed by atoms with Crippen molar-refractivity contribution < 1.29 is 9.84 Å². The van der Waals surface area contributed by atoms with Crippen LogP contribution in [-0.4, -0.2) is 23.9 Å². The van der Waals surface area contributed by atoms with E-state index in [1.54, 1.807) is 0 Å². The molecule has 0 aromatic rings. The maximum Gasteiger partial charge on any atom is 0.0577 e. The zero-order valence-electron chi connectivity index (χ0n) is 10.2. The van der Waals surface area contributed by atoms with E-state index in [4.69, 9.17) is 9.84 Å². The van der Waals surface area contributed by atoms with Crippen LogP contribution in [0, 0.1) is 5.92 Å². The molecule has 1 aliphatic rings. The number of aliphatic hydroxyl groups excluding tert-OH is 1. The molecule has 0 aromatic heterocycles. The highest BCUT2D eigenvalue weighted by molar-refractivity contribution is 4.70. The molecule has 1 N–H and O–H groups in total. The Morgan fingerprint density at radius 1 is 1.33 bits per heavy atom. The zero-order valence-corrected chi connectivity index (χ0v) is 10.2. The van der Waals surface area contributed by atoms with Crippen molar-refractivity contribution in [3.8, 4) is 0 Å². The van der Waals surface area contributed by atoms with Gasteiger partial charge in [-0.15, -0.1) is 0 Å². The molecule has 1 rings (SSSR count). The molecular weight excluding hydrogens is 188 g/mol. The summed E-state index contributed by atoms with van der Waals surface area (Å²) >= 11 is 0. The predicted molar refractivity (Wildman–Crippen MR) is 62.9 cm³/mol. The van der Waals surface area contributed by atoms with Gasteiger partial charge >= 0.3 is 0 Å². The van der Waals surface area contributed by atoms with E-state index in [0.717, 1.165) is 31.8 Å². The van der Waals surface area contributed by atoms with Gasteiger partial charge in [-0.05, 0) is 44.9 Å². The average Bonchev–Trinajstić information content (AvgIpc) is 2.17. The quantitative estimate of drug-likeness (QED) is 0.688. The first-order valence-corrected chi connectivity index (χ1v) is 6.48. The van der Waals surface area contributed by atoms with Gasteiger partial charge in [0.15, 0.2) is 0 Å². The average molecular weight is 214 g/mol. The monoisotopic (exact) mass is 214 g/mol. The Hall–Kier alpha value is -0.0800. The lowest BCUT2D eigenvalue weighted by molar-refractivity contribution is 0.0128. The fourth-order valence-electron chi connectivity index (χ4n) is 2.32. The van der Waals surface area contributed by atoms with Crippen LogP contribution in [-0.2, 0) is 4.74 Å². The van der Waals surface area contributed by atoms with Gasteiger partial charge in [0.05, 0.1) is 12.2 Å². The molecule has 15 heavy (non-hydrogen) atoms. The number of hydrogen-bond donors (Lipinski definition) is 1. The van der Waals surface area contributed by atoms with Gasteiger partial charge in [-0.25, -0.2) is 0 Å². The highest BCUT2D eigenvalue weighted by Crippen LogP contribution is 2.25. The van der Waals surface area contributed by atoms with Gasteiger partial charge in [0.2, 0.25) is 0 Å². The Bertz CT molecular complexity index is 157. The molecule has 2 nitrogen and oxygen atoms in total. The maximum absolute atomic E-state index is 9.09. The number of ether oxygens (including phenoxy) is 1. The molecule has 3 unspecified atom stereocenters. The van der Waals surface area contributed by atoms with E-state index in [9.17, 15) is 0 Å². The lowest BCUT2D eigenvalue weighted by Crippen LogP contribution is -2.21. The first kappa shape index (κ1) is 13.0. The van der Waals surface area contributed by atoms with Crippen molar-refractivity contribution in [2.24, 2.45) is 5.92 Å². The van der Waals surface area contributed by atoms with Crippen molar-refractivity contribution in [2.45, 2.75) is 71.0 Å². The van der Waals surface area contributed by atoms with Crippen LogP contribution in [0.2, 0.25) is 0 Å². The van der Waals surface area contributed by atoms with Gasteiger partial charge in [-0.1, -0.05) is 19.8 Å². The highest BCUT2D eigenvalue weighted by Gasteiger charge is 2.18. The second-order valence-electron chi connectivity index (χ2n) is 5.11. The molecule has 0 bridgehead atoms. The van der Waals surface area contributed by atoms with Gasteiger partial charge < -0.3 is 9.84 Å². The first-order valence-electron chi connectivity index (χ1n) is 6.48. The van der Waals surface area contributed by atoms with Gasteiger partial charge in [-0.3, -0.25) is 0 Å². The van der Waals surface area contributed by atoms with Crippen molar-refractivity contribution in [3.05, 3.63) is 0 Å². The molecule has 1 fully saturated rings. The minimum absolute atomic E-state index is 0.153. The van der Waals surface area contributed by atoms with Crippen molar-refractivity contribution in [3.63, 3.8) is 0 Å². The third-order valence-electron chi connectivity index (χ3n) is 3.26. The molecule has 1 aliphatic carbocycles. The zero-order chi connectivity index (χ0) is 11.1. The lowest BCUT2D eigenvalue weighted by Gasteiger charge is -2.26. The predicted octanol–water partition coefficient (Wildman–Crippen LogP) is 3.13. The molecule has 90 valence electrons. The second-order valence-corrected chi connectivity index (χ2v) is 5.11. The van der Waals surface area contributed by atoms with Gasteiger partial charge in [0, 0.05) is 6.61 Å². The molecule has 3 atom stereocenters. The summed E-state index contributed by atoms with van der Waals surface area (Å²) in [5, 5.41) is 9.09. The molecule has 0 amide bonds. The van der Waals surface area contributed by atoms with E-state index in [0.29, 0.717) is 6.10 Å². The number of rotatable bonds is 6. The van der Waals surface area contributed by atoms with E-state index in [1.165, 1.54) is 25.7 Å². The SMILES string of the molecule is CC(O)CCCCOC1CCCC(C)C1. The molecule has 0 aromatic carbocycles. The second kappa shape index (κ2) is 7.24. The Kier molecular flexibility index (Phi) is 6.26. The summed E-state index contributed by atoms with van der Waals surface area (Å²) in [4.78, 5) is 0. The van der Waals surface area contributed by atoms with Crippen LogP contribution in [0.25, 0.3) is 0 Å². The largest absolute Gasteiger partial charge is 0.393 e.